The van der Waals surface area contributed by atoms with Crippen LogP contribution in [0, 0.1) is 16.2 Å². The summed E-state index contributed by atoms with van der Waals surface area (Å²) in [5.41, 5.74) is -1.51. The Morgan fingerprint density at radius 1 is 0.737 bits per heavy atom. The number of thioether (sulfide) groups is 1. The molecule has 0 rings (SSSR count). The maximum absolute atomic E-state index is 13.0. The van der Waals surface area contributed by atoms with Gasteiger partial charge in [0.25, 0.3) is 0 Å². The van der Waals surface area contributed by atoms with E-state index in [-0.39, 0.29) is 36.8 Å². The van der Waals surface area contributed by atoms with Crippen molar-refractivity contribution >= 4 is 35.6 Å². The number of carboxylic acids is 1. The van der Waals surface area contributed by atoms with Gasteiger partial charge in [-0.25, -0.2) is 0 Å². The fraction of sp³-hybridized carbons (Fsp3) is 0.862. The van der Waals surface area contributed by atoms with E-state index in [9.17, 15) is 19.2 Å². The molecule has 38 heavy (non-hydrogen) atoms. The zero-order valence-corrected chi connectivity index (χ0v) is 25.8. The molecule has 0 saturated heterocycles. The molecule has 0 aromatic rings. The van der Waals surface area contributed by atoms with Crippen LogP contribution in [0.1, 0.15) is 113 Å². The van der Waals surface area contributed by atoms with Gasteiger partial charge >= 0.3 is 23.9 Å². The molecule has 0 aliphatic heterocycles. The van der Waals surface area contributed by atoms with Crippen molar-refractivity contribution in [2.45, 2.75) is 119 Å². The molecule has 1 unspecified atom stereocenters. The van der Waals surface area contributed by atoms with Gasteiger partial charge in [-0.1, -0.05) is 59.3 Å². The normalized spacial score (nSPS) is 13.1. The van der Waals surface area contributed by atoms with Gasteiger partial charge in [-0.2, -0.15) is 11.8 Å². The summed E-state index contributed by atoms with van der Waals surface area (Å²) < 4.78 is 16.5. The van der Waals surface area contributed by atoms with E-state index in [0.29, 0.717) is 19.3 Å². The van der Waals surface area contributed by atoms with E-state index in [1.807, 2.05) is 27.7 Å². The highest BCUT2D eigenvalue weighted by molar-refractivity contribution is 7.99. The summed E-state index contributed by atoms with van der Waals surface area (Å²) in [4.78, 5) is 48.2. The smallest absolute Gasteiger partial charge is 0.316 e. The Balaban J connectivity index is 4.83. The molecule has 0 spiro atoms. The third kappa shape index (κ3) is 17.7. The molecule has 1 N–H and O–H groups in total. The lowest BCUT2D eigenvalue weighted by Crippen LogP contribution is -2.38. The van der Waals surface area contributed by atoms with Crippen LogP contribution in [-0.4, -0.2) is 60.3 Å². The third-order valence-corrected chi connectivity index (χ3v) is 6.66. The second kappa shape index (κ2) is 17.7. The number of aliphatic carboxylic acids is 1. The molecule has 0 aromatic heterocycles. The van der Waals surface area contributed by atoms with Crippen LogP contribution < -0.4 is 0 Å². The fourth-order valence-corrected chi connectivity index (χ4v) is 4.68. The lowest BCUT2D eigenvalue weighted by atomic mass is 9.76. The first kappa shape index (κ1) is 36.2. The first-order valence-electron chi connectivity index (χ1n) is 13.7. The van der Waals surface area contributed by atoms with Crippen molar-refractivity contribution < 1.29 is 38.5 Å². The van der Waals surface area contributed by atoms with E-state index in [1.54, 1.807) is 6.26 Å². The average Bonchev–Trinajstić information content (AvgIpc) is 2.77. The second-order valence-corrected chi connectivity index (χ2v) is 13.5. The lowest BCUT2D eigenvalue weighted by molar-refractivity contribution is -0.176. The summed E-state index contributed by atoms with van der Waals surface area (Å²) in [7, 11) is 0. The number of ether oxygens (including phenoxy) is 3. The van der Waals surface area contributed by atoms with Crippen LogP contribution in [0.15, 0.2) is 0 Å². The number of hydrogen-bond donors (Lipinski definition) is 1. The third-order valence-electron chi connectivity index (χ3n) is 6.14. The van der Waals surface area contributed by atoms with Crippen molar-refractivity contribution in [2.24, 2.45) is 16.2 Å². The van der Waals surface area contributed by atoms with Gasteiger partial charge in [0.1, 0.15) is 13.2 Å². The van der Waals surface area contributed by atoms with Crippen molar-refractivity contribution in [1.82, 2.24) is 0 Å². The summed E-state index contributed by atoms with van der Waals surface area (Å²) in [6.45, 7) is 13.2. The van der Waals surface area contributed by atoms with E-state index in [1.165, 1.54) is 11.8 Å². The lowest BCUT2D eigenvalue weighted by Gasteiger charge is -2.31. The molecular weight excluding hydrogens is 508 g/mol. The van der Waals surface area contributed by atoms with Crippen molar-refractivity contribution in [3.63, 3.8) is 0 Å². The van der Waals surface area contributed by atoms with E-state index < -0.39 is 34.8 Å². The van der Waals surface area contributed by atoms with Gasteiger partial charge < -0.3 is 19.3 Å². The zero-order valence-electron chi connectivity index (χ0n) is 25.0. The Labute approximate surface area is 234 Å². The van der Waals surface area contributed by atoms with Crippen LogP contribution >= 0.6 is 11.8 Å². The van der Waals surface area contributed by atoms with Crippen LogP contribution in [0.3, 0.4) is 0 Å². The number of esters is 3. The quantitative estimate of drug-likeness (QED) is 0.102. The molecule has 0 saturated carbocycles. The number of carboxylic acid groups (broad SMARTS) is 1. The Bertz CT molecular complexity index is 739. The van der Waals surface area contributed by atoms with Gasteiger partial charge in [0.05, 0.1) is 16.6 Å². The molecule has 9 heteroatoms. The second-order valence-electron chi connectivity index (χ2n) is 12.6. The SMILES string of the molecule is CSCC(=O)OCC(COC(=O)C(C)(C)CC(C)(C)C)OC(=O)C(C)(C)CCCCCCCCCC(=O)O. The molecule has 0 fully saturated rings. The van der Waals surface area contributed by atoms with Gasteiger partial charge in [0.2, 0.25) is 0 Å². The predicted octanol–water partition coefficient (Wildman–Crippen LogP) is 6.43. The fourth-order valence-electron chi connectivity index (χ4n) is 4.36. The minimum absolute atomic E-state index is 0.0634. The van der Waals surface area contributed by atoms with E-state index >= 15 is 0 Å². The number of unbranched alkanes of at least 4 members (excludes halogenated alkanes) is 6. The summed E-state index contributed by atoms with van der Waals surface area (Å²) >= 11 is 1.33. The van der Waals surface area contributed by atoms with Crippen molar-refractivity contribution in [3.05, 3.63) is 0 Å². The molecular formula is C29H52O8S. The van der Waals surface area contributed by atoms with Crippen LogP contribution in [0.5, 0.6) is 0 Å². The molecule has 222 valence electrons. The number of carbonyl (C=O) groups is 4. The topological polar surface area (TPSA) is 116 Å². The van der Waals surface area contributed by atoms with Crippen LogP contribution in [0.2, 0.25) is 0 Å². The molecule has 0 radical (unpaired) electrons. The minimum Gasteiger partial charge on any atom is -0.481 e. The molecule has 0 aromatic carbocycles. The van der Waals surface area contributed by atoms with Gasteiger partial charge in [-0.3, -0.25) is 19.2 Å². The summed E-state index contributed by atoms with van der Waals surface area (Å²) in [6.07, 6.45) is 8.97. The Hall–Kier alpha value is -1.77. The molecule has 0 heterocycles. The van der Waals surface area contributed by atoms with Crippen molar-refractivity contribution in [1.29, 1.82) is 0 Å². The number of hydrogen-bond acceptors (Lipinski definition) is 8. The van der Waals surface area contributed by atoms with E-state index in [2.05, 4.69) is 20.8 Å². The Morgan fingerprint density at radius 3 is 1.79 bits per heavy atom. The predicted molar refractivity (Wildman–Crippen MR) is 151 cm³/mol. The van der Waals surface area contributed by atoms with Crippen LogP contribution in [-0.2, 0) is 33.4 Å². The highest BCUT2D eigenvalue weighted by Crippen LogP contribution is 2.34. The first-order chi connectivity index (χ1) is 17.5. The maximum atomic E-state index is 13.0. The van der Waals surface area contributed by atoms with Crippen LogP contribution in [0.4, 0.5) is 0 Å². The Kier molecular flexibility index (Phi) is 16.9. The first-order valence-corrected chi connectivity index (χ1v) is 15.1. The van der Waals surface area contributed by atoms with Crippen molar-refractivity contribution in [2.75, 3.05) is 25.2 Å². The van der Waals surface area contributed by atoms with E-state index in [0.717, 1.165) is 38.5 Å². The van der Waals surface area contributed by atoms with E-state index in [4.69, 9.17) is 19.3 Å². The maximum Gasteiger partial charge on any atom is 0.316 e. The zero-order chi connectivity index (χ0) is 29.4. The van der Waals surface area contributed by atoms with Gasteiger partial charge in [-0.15, -0.1) is 0 Å². The standard InChI is InChI=1S/C29H52O8S/c1-27(2,3)21-29(6,7)25(33)36-19-22(18-35-24(32)20-38-8)37-26(34)28(4,5)17-15-13-11-9-10-12-14-16-23(30)31/h22H,9-21H2,1-8H3,(H,30,31). The van der Waals surface area contributed by atoms with Gasteiger partial charge in [0.15, 0.2) is 6.10 Å². The monoisotopic (exact) mass is 560 g/mol. The number of rotatable bonds is 20. The highest BCUT2D eigenvalue weighted by Gasteiger charge is 2.36. The summed E-state index contributed by atoms with van der Waals surface area (Å²) in [6, 6.07) is 0. The van der Waals surface area contributed by atoms with Gasteiger partial charge in [0, 0.05) is 6.42 Å². The molecule has 1 atom stereocenters. The average molecular weight is 561 g/mol. The van der Waals surface area contributed by atoms with Gasteiger partial charge in [-0.05, 0) is 58.6 Å². The molecule has 0 bridgehead atoms. The summed E-state index contributed by atoms with van der Waals surface area (Å²) in [5.74, 6) is -1.78. The van der Waals surface area contributed by atoms with Crippen molar-refractivity contribution in [3.8, 4) is 0 Å². The van der Waals surface area contributed by atoms with Crippen LogP contribution in [0.25, 0.3) is 0 Å². The number of carbonyl (C=O) groups excluding carboxylic acids is 3. The largest absolute Gasteiger partial charge is 0.481 e. The minimum atomic E-state index is -0.882. The Morgan fingerprint density at radius 2 is 1.26 bits per heavy atom. The molecule has 0 aliphatic carbocycles. The molecule has 0 amide bonds. The molecule has 0 aliphatic rings. The summed E-state index contributed by atoms with van der Waals surface area (Å²) in [5, 5.41) is 8.68. The highest BCUT2D eigenvalue weighted by atomic mass is 32.2. The molecule has 8 nitrogen and oxygen atoms in total.